The summed E-state index contributed by atoms with van der Waals surface area (Å²) in [6.45, 7) is 3.71. The van der Waals surface area contributed by atoms with Crippen molar-refractivity contribution in [3.8, 4) is 22.3 Å². The summed E-state index contributed by atoms with van der Waals surface area (Å²) in [6, 6.07) is 36.8. The van der Waals surface area contributed by atoms with Crippen molar-refractivity contribution in [3.63, 3.8) is 0 Å². The Balaban J connectivity index is 1.62. The molecule has 32 heavy (non-hydrogen) atoms. The molecular weight excluding hydrogens is 414 g/mol. The van der Waals surface area contributed by atoms with Crippen molar-refractivity contribution in [3.05, 3.63) is 120 Å². The smallest absolute Gasteiger partial charge is 0.161 e. The zero-order valence-corrected chi connectivity index (χ0v) is 18.3. The highest BCUT2D eigenvalue weighted by molar-refractivity contribution is 6.19. The van der Waals surface area contributed by atoms with Crippen LogP contribution in [0.2, 0.25) is 0 Å². The van der Waals surface area contributed by atoms with Gasteiger partial charge in [-0.3, -0.25) is 0 Å². The third kappa shape index (κ3) is 5.08. The van der Waals surface area contributed by atoms with Crippen molar-refractivity contribution in [2.24, 2.45) is 15.0 Å². The summed E-state index contributed by atoms with van der Waals surface area (Å²) in [4.78, 5) is 13.2. The van der Waals surface area contributed by atoms with Crippen LogP contribution >= 0.6 is 11.6 Å². The van der Waals surface area contributed by atoms with E-state index < -0.39 is 0 Å². The molecule has 0 amide bonds. The zero-order chi connectivity index (χ0) is 22.2. The lowest BCUT2D eigenvalue weighted by Gasteiger charge is -2.07. The predicted molar refractivity (Wildman–Crippen MR) is 137 cm³/mol. The van der Waals surface area contributed by atoms with Crippen LogP contribution in [-0.2, 0) is 0 Å². The number of rotatable bonds is 5. The van der Waals surface area contributed by atoms with Crippen molar-refractivity contribution < 1.29 is 0 Å². The lowest BCUT2D eigenvalue weighted by atomic mass is 10.0. The Kier molecular flexibility index (Phi) is 7.01. The van der Waals surface area contributed by atoms with Gasteiger partial charge >= 0.3 is 0 Å². The first-order chi connectivity index (χ1) is 15.8. The van der Waals surface area contributed by atoms with Gasteiger partial charge in [0.05, 0.1) is 0 Å². The molecule has 0 saturated carbocycles. The predicted octanol–water partition coefficient (Wildman–Crippen LogP) is 7.11. The van der Waals surface area contributed by atoms with Gasteiger partial charge in [0.2, 0.25) is 0 Å². The maximum atomic E-state index is 5.93. The molecule has 3 nitrogen and oxygen atoms in total. The van der Waals surface area contributed by atoms with Crippen LogP contribution in [-0.4, -0.2) is 24.4 Å². The molecule has 0 spiro atoms. The molecule has 4 aromatic rings. The van der Waals surface area contributed by atoms with E-state index in [1.54, 1.807) is 0 Å². The Hall–Kier alpha value is -3.82. The number of aliphatic imine (C=N–C) groups is 3. The lowest BCUT2D eigenvalue weighted by Crippen LogP contribution is -2.05. The van der Waals surface area contributed by atoms with E-state index in [-0.39, 0.29) is 6.00 Å². The van der Waals surface area contributed by atoms with Crippen LogP contribution in [0.1, 0.15) is 11.1 Å². The summed E-state index contributed by atoms with van der Waals surface area (Å²) in [5.74, 6) is 1.02. The summed E-state index contributed by atoms with van der Waals surface area (Å²) in [7, 11) is 0. The van der Waals surface area contributed by atoms with Gasteiger partial charge in [0, 0.05) is 11.1 Å². The summed E-state index contributed by atoms with van der Waals surface area (Å²) in [5, 5.41) is 0. The van der Waals surface area contributed by atoms with Gasteiger partial charge < -0.3 is 0 Å². The largest absolute Gasteiger partial charge is 0.250 e. The fourth-order valence-electron chi connectivity index (χ4n) is 3.42. The Bertz CT molecular complexity index is 1230. The molecular formula is C28H22ClN3. The normalized spacial score (nSPS) is 11.9. The van der Waals surface area contributed by atoms with E-state index in [9.17, 15) is 0 Å². The molecule has 0 N–H and O–H groups in total. The highest BCUT2D eigenvalue weighted by atomic mass is 35.5. The first kappa shape index (κ1) is 21.4. The monoisotopic (exact) mass is 435 g/mol. The van der Waals surface area contributed by atoms with Crippen LogP contribution in [0.3, 0.4) is 0 Å². The molecule has 0 aliphatic heterocycles. The second-order valence-corrected chi connectivity index (χ2v) is 7.32. The number of benzene rings is 4. The summed E-state index contributed by atoms with van der Waals surface area (Å²) in [6.07, 6.45) is 0. The van der Waals surface area contributed by atoms with Gasteiger partial charge in [-0.1, -0.05) is 109 Å². The van der Waals surface area contributed by atoms with Crippen molar-refractivity contribution in [2.45, 2.75) is 0 Å². The quantitative estimate of drug-likeness (QED) is 0.139. The Morgan fingerprint density at radius 2 is 0.969 bits per heavy atom. The molecule has 0 fully saturated rings. The lowest BCUT2D eigenvalue weighted by molar-refractivity contribution is 1.32. The maximum Gasteiger partial charge on any atom is 0.161 e. The highest BCUT2D eigenvalue weighted by Gasteiger charge is 2.08. The topological polar surface area (TPSA) is 37.1 Å². The second-order valence-electron chi connectivity index (χ2n) is 7.08. The van der Waals surface area contributed by atoms with Crippen LogP contribution in [0.4, 0.5) is 0 Å². The molecule has 0 radical (unpaired) electrons. The van der Waals surface area contributed by atoms with Crippen molar-refractivity contribution in [2.75, 3.05) is 6.00 Å². The van der Waals surface area contributed by atoms with E-state index in [1.165, 1.54) is 0 Å². The summed E-state index contributed by atoms with van der Waals surface area (Å²) in [5.41, 5.74) is 6.30. The Labute approximate surface area is 193 Å². The number of nitrogens with zero attached hydrogens (tertiary/aromatic N) is 3. The third-order valence-corrected chi connectivity index (χ3v) is 5.19. The van der Waals surface area contributed by atoms with E-state index in [0.29, 0.717) is 11.7 Å². The van der Waals surface area contributed by atoms with Gasteiger partial charge in [-0.15, -0.1) is 11.6 Å². The van der Waals surface area contributed by atoms with Gasteiger partial charge in [0.25, 0.3) is 0 Å². The van der Waals surface area contributed by atoms with E-state index in [1.807, 2.05) is 60.7 Å². The number of hydrogen-bond donors (Lipinski definition) is 0. The Morgan fingerprint density at radius 1 is 0.562 bits per heavy atom. The number of halogens is 1. The second kappa shape index (κ2) is 10.5. The van der Waals surface area contributed by atoms with Gasteiger partial charge in [-0.05, 0) is 29.0 Å². The highest BCUT2D eigenvalue weighted by Crippen LogP contribution is 2.21. The zero-order valence-electron chi connectivity index (χ0n) is 17.5. The van der Waals surface area contributed by atoms with Crippen LogP contribution in [0.25, 0.3) is 22.3 Å². The van der Waals surface area contributed by atoms with Gasteiger partial charge in [0.1, 0.15) is 6.00 Å². The van der Waals surface area contributed by atoms with E-state index in [2.05, 4.69) is 70.2 Å². The number of amidine groups is 2. The molecule has 4 rings (SSSR count). The summed E-state index contributed by atoms with van der Waals surface area (Å²) < 4.78 is 0. The molecule has 0 aromatic heterocycles. The minimum Gasteiger partial charge on any atom is -0.250 e. The molecule has 4 heteroatoms. The number of alkyl halides is 1. The van der Waals surface area contributed by atoms with Crippen LogP contribution in [0, 0.1) is 0 Å². The SMILES string of the molecule is C=N/C(=N\C(=N/CCl)c1ccc(-c2ccccc2)cc1)c1ccc(-c2ccccc2)cc1. The molecule has 156 valence electrons. The Morgan fingerprint density at radius 3 is 1.38 bits per heavy atom. The van der Waals surface area contributed by atoms with Gasteiger partial charge in [-0.2, -0.15) is 0 Å². The number of hydrogen-bond acceptors (Lipinski definition) is 1. The molecule has 0 aliphatic rings. The fraction of sp³-hybridized carbons (Fsp3) is 0.0357. The molecule has 0 unspecified atom stereocenters. The minimum absolute atomic E-state index is 0.108. The molecule has 0 saturated heterocycles. The van der Waals surface area contributed by atoms with Crippen LogP contribution < -0.4 is 0 Å². The first-order valence-electron chi connectivity index (χ1n) is 10.3. The van der Waals surface area contributed by atoms with E-state index in [0.717, 1.165) is 33.4 Å². The van der Waals surface area contributed by atoms with Gasteiger partial charge in [0.15, 0.2) is 11.7 Å². The third-order valence-electron chi connectivity index (χ3n) is 5.07. The standard InChI is InChI=1S/C28H22ClN3/c1-30-27(25-16-12-23(13-17-25)21-8-4-2-5-9-21)32-28(31-20-29)26-18-14-24(15-19-26)22-10-6-3-7-11-22/h2-19H,1,20H2/b31-28-,32-27-. The van der Waals surface area contributed by atoms with E-state index in [4.69, 9.17) is 11.6 Å². The average Bonchev–Trinajstić information content (AvgIpc) is 2.88. The fourth-order valence-corrected chi connectivity index (χ4v) is 3.54. The molecule has 0 bridgehead atoms. The van der Waals surface area contributed by atoms with Crippen molar-refractivity contribution in [1.82, 2.24) is 0 Å². The van der Waals surface area contributed by atoms with Gasteiger partial charge in [-0.25, -0.2) is 15.0 Å². The average molecular weight is 436 g/mol. The first-order valence-corrected chi connectivity index (χ1v) is 10.8. The molecule has 0 aliphatic carbocycles. The van der Waals surface area contributed by atoms with Crippen molar-refractivity contribution in [1.29, 1.82) is 0 Å². The molecule has 0 heterocycles. The van der Waals surface area contributed by atoms with Crippen LogP contribution in [0.5, 0.6) is 0 Å². The maximum absolute atomic E-state index is 5.93. The van der Waals surface area contributed by atoms with Crippen molar-refractivity contribution >= 4 is 30.0 Å². The van der Waals surface area contributed by atoms with Crippen LogP contribution in [0.15, 0.2) is 124 Å². The minimum atomic E-state index is 0.108. The van der Waals surface area contributed by atoms with E-state index >= 15 is 0 Å². The molecule has 4 aromatic carbocycles. The molecule has 0 atom stereocenters. The summed E-state index contributed by atoms with van der Waals surface area (Å²) >= 11 is 5.93.